The van der Waals surface area contributed by atoms with Crippen LogP contribution in [0.1, 0.15) is 26.3 Å². The quantitative estimate of drug-likeness (QED) is 0.301. The Morgan fingerprint density at radius 3 is 2.12 bits per heavy atom. The number of halogens is 1. The Balaban J connectivity index is 1.51. The largest absolute Gasteiger partial charge is 0.270 e. The van der Waals surface area contributed by atoms with Crippen LogP contribution in [0.3, 0.4) is 0 Å². The zero-order valence-electron chi connectivity index (χ0n) is 17.0. The van der Waals surface area contributed by atoms with Crippen LogP contribution >= 0.6 is 23.4 Å². The molecule has 8 heteroatoms. The molecule has 0 fully saturated rings. The van der Waals surface area contributed by atoms with Crippen LogP contribution in [0.4, 0.5) is 0 Å². The van der Waals surface area contributed by atoms with Crippen molar-refractivity contribution in [3.05, 3.63) is 94.5 Å². The summed E-state index contributed by atoms with van der Waals surface area (Å²) in [6.07, 6.45) is 0. The molecule has 0 bridgehead atoms. The number of aryl methyl sites for hydroxylation is 1. The van der Waals surface area contributed by atoms with Gasteiger partial charge in [-0.2, -0.15) is 0 Å². The van der Waals surface area contributed by atoms with Crippen LogP contribution in [-0.2, 0) is 0 Å². The fourth-order valence-electron chi connectivity index (χ4n) is 3.66. The first-order chi connectivity index (χ1) is 15.5. The van der Waals surface area contributed by atoms with Gasteiger partial charge in [-0.3, -0.25) is 19.1 Å². The lowest BCUT2D eigenvalue weighted by Gasteiger charge is -2.15. The highest BCUT2D eigenvalue weighted by molar-refractivity contribution is 7.99. The van der Waals surface area contributed by atoms with Crippen LogP contribution in [-0.4, -0.2) is 37.4 Å². The molecule has 32 heavy (non-hydrogen) atoms. The van der Waals surface area contributed by atoms with E-state index in [1.807, 2.05) is 47.9 Å². The average molecular weight is 461 g/mol. The van der Waals surface area contributed by atoms with Gasteiger partial charge in [0, 0.05) is 10.6 Å². The Morgan fingerprint density at radius 1 is 0.844 bits per heavy atom. The first-order valence-corrected chi connectivity index (χ1v) is 11.3. The van der Waals surface area contributed by atoms with Gasteiger partial charge in [0.1, 0.15) is 0 Å². The Labute approximate surface area is 193 Å². The molecule has 1 aliphatic rings. The summed E-state index contributed by atoms with van der Waals surface area (Å²) in [5.41, 5.74) is 3.69. The van der Waals surface area contributed by atoms with E-state index in [1.165, 1.54) is 16.7 Å². The van der Waals surface area contributed by atoms with E-state index in [0.717, 1.165) is 16.8 Å². The van der Waals surface area contributed by atoms with E-state index >= 15 is 0 Å². The Kier molecular flexibility index (Phi) is 5.28. The van der Waals surface area contributed by atoms with Crippen LogP contribution in [0.25, 0.3) is 17.1 Å². The van der Waals surface area contributed by atoms with Crippen LogP contribution in [0.15, 0.2) is 78.0 Å². The molecule has 0 saturated carbocycles. The minimum Gasteiger partial charge on any atom is -0.270 e. The van der Waals surface area contributed by atoms with Gasteiger partial charge in [-0.1, -0.05) is 53.7 Å². The maximum absolute atomic E-state index is 12.7. The molecule has 2 heterocycles. The Morgan fingerprint density at radius 2 is 1.47 bits per heavy atom. The predicted molar refractivity (Wildman–Crippen MR) is 124 cm³/mol. The van der Waals surface area contributed by atoms with Crippen LogP contribution < -0.4 is 0 Å². The second-order valence-electron chi connectivity index (χ2n) is 7.29. The smallest absolute Gasteiger partial charge is 0.262 e. The molecule has 6 nitrogen and oxygen atoms in total. The molecule has 0 N–H and O–H groups in total. The molecule has 0 unspecified atom stereocenters. The monoisotopic (exact) mass is 460 g/mol. The highest BCUT2D eigenvalue weighted by atomic mass is 35.5. The predicted octanol–water partition coefficient (Wildman–Crippen LogP) is 5.24. The molecule has 0 aliphatic carbocycles. The van der Waals surface area contributed by atoms with Gasteiger partial charge in [-0.05, 0) is 55.0 Å². The summed E-state index contributed by atoms with van der Waals surface area (Å²) in [4.78, 5) is 26.7. The van der Waals surface area contributed by atoms with E-state index in [-0.39, 0.29) is 17.7 Å². The van der Waals surface area contributed by atoms with E-state index in [2.05, 4.69) is 10.2 Å². The van der Waals surface area contributed by atoms with Crippen molar-refractivity contribution < 1.29 is 9.59 Å². The molecule has 2 amide bonds. The molecule has 3 aromatic carbocycles. The van der Waals surface area contributed by atoms with E-state index < -0.39 is 0 Å². The lowest BCUT2D eigenvalue weighted by atomic mass is 10.1. The van der Waals surface area contributed by atoms with E-state index in [9.17, 15) is 9.59 Å². The van der Waals surface area contributed by atoms with Gasteiger partial charge in [0.2, 0.25) is 0 Å². The molecule has 1 aromatic heterocycles. The van der Waals surface area contributed by atoms with Crippen LogP contribution in [0.2, 0.25) is 5.02 Å². The Hall–Kier alpha value is -3.42. The van der Waals surface area contributed by atoms with Gasteiger partial charge in [-0.15, -0.1) is 10.2 Å². The zero-order valence-corrected chi connectivity index (χ0v) is 18.6. The summed E-state index contributed by atoms with van der Waals surface area (Å²) in [5, 5.41) is 10.0. The fourth-order valence-corrected chi connectivity index (χ4v) is 4.68. The third kappa shape index (κ3) is 3.49. The molecular formula is C24H17ClN4O2S. The molecule has 0 saturated heterocycles. The fraction of sp³-hybridized carbons (Fsp3) is 0.0833. The summed E-state index contributed by atoms with van der Waals surface area (Å²) >= 11 is 7.35. The number of fused-ring (bicyclic) bond motifs is 1. The van der Waals surface area contributed by atoms with Crippen molar-refractivity contribution in [2.24, 2.45) is 0 Å². The van der Waals surface area contributed by atoms with Gasteiger partial charge in [0.25, 0.3) is 11.8 Å². The number of aromatic nitrogens is 3. The van der Waals surface area contributed by atoms with Crippen molar-refractivity contribution in [3.8, 4) is 17.1 Å². The van der Waals surface area contributed by atoms with E-state index in [1.54, 1.807) is 36.4 Å². The second kappa shape index (κ2) is 8.26. The number of nitrogens with zero attached hydrogens (tertiary/aromatic N) is 4. The number of carbonyl (C=O) groups excluding carboxylic acids is 2. The minimum atomic E-state index is -0.294. The summed E-state index contributed by atoms with van der Waals surface area (Å²) in [5.74, 6) is 0.202. The molecule has 5 rings (SSSR count). The first kappa shape index (κ1) is 20.5. The maximum atomic E-state index is 12.7. The number of benzene rings is 3. The topological polar surface area (TPSA) is 68.1 Å². The average Bonchev–Trinajstić information content (AvgIpc) is 3.33. The summed E-state index contributed by atoms with van der Waals surface area (Å²) < 4.78 is 1.95. The number of rotatable bonds is 5. The van der Waals surface area contributed by atoms with E-state index in [0.29, 0.717) is 27.1 Å². The SMILES string of the molecule is Cc1ccccc1-n1c(SCN2C(=O)c3ccccc3C2=O)nnc1-c1ccc(Cl)cc1. The highest BCUT2D eigenvalue weighted by Gasteiger charge is 2.35. The molecule has 0 spiro atoms. The molecule has 0 atom stereocenters. The standard InChI is InChI=1S/C24H17ClN4O2S/c1-15-6-2-5-9-20(15)29-21(16-10-12-17(25)13-11-16)26-27-24(29)32-14-28-22(30)18-7-3-4-8-19(18)23(28)31/h2-13H,14H2,1H3. The van der Waals surface area contributed by atoms with Crippen molar-refractivity contribution in [2.45, 2.75) is 12.1 Å². The minimum absolute atomic E-state index is 0.136. The molecular weight excluding hydrogens is 444 g/mol. The van der Waals surface area contributed by atoms with Crippen LogP contribution in [0, 0.1) is 6.92 Å². The van der Waals surface area contributed by atoms with Crippen molar-refractivity contribution >= 4 is 35.2 Å². The molecule has 4 aromatic rings. The van der Waals surface area contributed by atoms with Gasteiger partial charge in [0.15, 0.2) is 11.0 Å². The van der Waals surface area contributed by atoms with Gasteiger partial charge in [-0.25, -0.2) is 0 Å². The number of carbonyl (C=O) groups is 2. The number of hydrogen-bond donors (Lipinski definition) is 0. The number of imide groups is 1. The lowest BCUT2D eigenvalue weighted by Crippen LogP contribution is -2.29. The number of amides is 2. The van der Waals surface area contributed by atoms with Crippen LogP contribution in [0.5, 0.6) is 0 Å². The number of hydrogen-bond acceptors (Lipinski definition) is 5. The molecule has 1 aliphatic heterocycles. The third-order valence-corrected chi connectivity index (χ3v) is 6.45. The second-order valence-corrected chi connectivity index (χ2v) is 8.64. The van der Waals surface area contributed by atoms with Gasteiger partial charge < -0.3 is 0 Å². The number of thioether (sulfide) groups is 1. The molecule has 0 radical (unpaired) electrons. The summed E-state index contributed by atoms with van der Waals surface area (Å²) in [6, 6.07) is 22.2. The first-order valence-electron chi connectivity index (χ1n) is 9.90. The number of para-hydroxylation sites is 1. The summed E-state index contributed by atoms with van der Waals surface area (Å²) in [7, 11) is 0. The van der Waals surface area contributed by atoms with Gasteiger partial charge >= 0.3 is 0 Å². The van der Waals surface area contributed by atoms with Crippen molar-refractivity contribution in [3.63, 3.8) is 0 Å². The Bertz CT molecular complexity index is 1320. The third-order valence-electron chi connectivity index (χ3n) is 5.29. The molecule has 158 valence electrons. The van der Waals surface area contributed by atoms with Crippen molar-refractivity contribution in [1.82, 2.24) is 19.7 Å². The highest BCUT2D eigenvalue weighted by Crippen LogP contribution is 2.32. The van der Waals surface area contributed by atoms with Gasteiger partial charge in [0.05, 0.1) is 22.7 Å². The lowest BCUT2D eigenvalue weighted by molar-refractivity contribution is 0.0684. The normalized spacial score (nSPS) is 13.0. The maximum Gasteiger partial charge on any atom is 0.262 e. The summed E-state index contributed by atoms with van der Waals surface area (Å²) in [6.45, 7) is 2.01. The zero-order chi connectivity index (χ0) is 22.2. The van der Waals surface area contributed by atoms with E-state index in [4.69, 9.17) is 11.6 Å². The van der Waals surface area contributed by atoms with Crippen molar-refractivity contribution in [2.75, 3.05) is 5.88 Å². The van der Waals surface area contributed by atoms with Crippen molar-refractivity contribution in [1.29, 1.82) is 0 Å².